The standard InChI is InChI=1S/C11H16N4O3S/c12-15-8-3-4-13-10(6-8)11(16)14-9-2-1-5-19(17,18)7-9/h3-4,6,9H,1-2,5,7,12H2,(H,13,15)(H,14,16). The van der Waals surface area contributed by atoms with Gasteiger partial charge in [-0.1, -0.05) is 0 Å². The number of amides is 1. The number of sulfone groups is 1. The lowest BCUT2D eigenvalue weighted by Gasteiger charge is -2.22. The van der Waals surface area contributed by atoms with Crippen LogP contribution in [0.25, 0.3) is 0 Å². The normalized spacial score (nSPS) is 21.6. The molecule has 0 spiro atoms. The molecule has 1 saturated heterocycles. The van der Waals surface area contributed by atoms with Crippen molar-refractivity contribution in [1.29, 1.82) is 0 Å². The summed E-state index contributed by atoms with van der Waals surface area (Å²) in [4.78, 5) is 15.9. The van der Waals surface area contributed by atoms with E-state index in [0.717, 1.165) is 0 Å². The molecule has 1 aliphatic rings. The van der Waals surface area contributed by atoms with Crippen LogP contribution in [-0.2, 0) is 9.84 Å². The summed E-state index contributed by atoms with van der Waals surface area (Å²) in [6, 6.07) is 2.79. The number of nitrogens with two attached hydrogens (primary N) is 1. The lowest BCUT2D eigenvalue weighted by atomic mass is 10.2. The van der Waals surface area contributed by atoms with Gasteiger partial charge in [0.2, 0.25) is 0 Å². The van der Waals surface area contributed by atoms with Gasteiger partial charge in [-0.3, -0.25) is 15.6 Å². The van der Waals surface area contributed by atoms with Crippen LogP contribution in [0.1, 0.15) is 23.3 Å². The summed E-state index contributed by atoms with van der Waals surface area (Å²) in [7, 11) is -3.04. The Morgan fingerprint density at radius 3 is 2.95 bits per heavy atom. The topological polar surface area (TPSA) is 114 Å². The van der Waals surface area contributed by atoms with Gasteiger partial charge < -0.3 is 10.7 Å². The van der Waals surface area contributed by atoms with Crippen LogP contribution in [0.5, 0.6) is 0 Å². The highest BCUT2D eigenvalue weighted by Crippen LogP contribution is 2.13. The minimum atomic E-state index is -3.04. The van der Waals surface area contributed by atoms with Gasteiger partial charge in [0.1, 0.15) is 5.69 Å². The van der Waals surface area contributed by atoms with Gasteiger partial charge in [-0.2, -0.15) is 0 Å². The predicted octanol–water partition coefficient (Wildman–Crippen LogP) is -0.326. The van der Waals surface area contributed by atoms with Crippen molar-refractivity contribution in [3.8, 4) is 0 Å². The van der Waals surface area contributed by atoms with Crippen molar-refractivity contribution in [2.24, 2.45) is 5.84 Å². The second-order valence-electron chi connectivity index (χ2n) is 4.50. The number of hydrogen-bond acceptors (Lipinski definition) is 6. The minimum absolute atomic E-state index is 0.00638. The molecule has 4 N–H and O–H groups in total. The Morgan fingerprint density at radius 2 is 2.26 bits per heavy atom. The Bertz CT molecular complexity index is 573. The summed E-state index contributed by atoms with van der Waals surface area (Å²) < 4.78 is 23.0. The number of nitrogens with one attached hydrogen (secondary N) is 2. The minimum Gasteiger partial charge on any atom is -0.347 e. The molecule has 1 atom stereocenters. The van der Waals surface area contributed by atoms with Crippen LogP contribution in [0, 0.1) is 0 Å². The quantitative estimate of drug-likeness (QED) is 0.517. The largest absolute Gasteiger partial charge is 0.347 e. The number of nitrogens with zero attached hydrogens (tertiary/aromatic N) is 1. The molecule has 1 fully saturated rings. The Hall–Kier alpha value is -1.67. The second-order valence-corrected chi connectivity index (χ2v) is 6.73. The van der Waals surface area contributed by atoms with Crippen LogP contribution in [0.3, 0.4) is 0 Å². The van der Waals surface area contributed by atoms with Crippen molar-refractivity contribution in [2.75, 3.05) is 16.9 Å². The van der Waals surface area contributed by atoms with Crippen molar-refractivity contribution >= 4 is 21.4 Å². The van der Waals surface area contributed by atoms with E-state index in [4.69, 9.17) is 5.84 Å². The molecule has 1 amide bonds. The molecule has 2 rings (SSSR count). The van der Waals surface area contributed by atoms with E-state index < -0.39 is 9.84 Å². The molecular formula is C11H16N4O3S. The Morgan fingerprint density at radius 1 is 1.47 bits per heavy atom. The van der Waals surface area contributed by atoms with Crippen LogP contribution < -0.4 is 16.6 Å². The third-order valence-corrected chi connectivity index (χ3v) is 4.78. The molecule has 104 valence electrons. The van der Waals surface area contributed by atoms with E-state index in [9.17, 15) is 13.2 Å². The summed E-state index contributed by atoms with van der Waals surface area (Å²) >= 11 is 0. The first kappa shape index (κ1) is 13.8. The molecule has 2 heterocycles. The molecule has 0 aromatic carbocycles. The highest BCUT2D eigenvalue weighted by molar-refractivity contribution is 7.91. The fourth-order valence-electron chi connectivity index (χ4n) is 2.04. The molecule has 0 radical (unpaired) electrons. The van der Waals surface area contributed by atoms with Crippen molar-refractivity contribution in [3.05, 3.63) is 24.0 Å². The molecule has 1 unspecified atom stereocenters. The van der Waals surface area contributed by atoms with Crippen LogP contribution in [0.2, 0.25) is 0 Å². The van der Waals surface area contributed by atoms with Crippen molar-refractivity contribution < 1.29 is 13.2 Å². The van der Waals surface area contributed by atoms with Gasteiger partial charge in [0, 0.05) is 12.2 Å². The Labute approximate surface area is 111 Å². The molecule has 0 bridgehead atoms. The third kappa shape index (κ3) is 3.65. The van der Waals surface area contributed by atoms with E-state index in [-0.39, 0.29) is 29.1 Å². The Kier molecular flexibility index (Phi) is 4.01. The van der Waals surface area contributed by atoms with E-state index in [2.05, 4.69) is 15.7 Å². The van der Waals surface area contributed by atoms with Crippen LogP contribution >= 0.6 is 0 Å². The first-order valence-electron chi connectivity index (χ1n) is 5.94. The maximum atomic E-state index is 12.0. The van der Waals surface area contributed by atoms with E-state index in [0.29, 0.717) is 18.5 Å². The number of carbonyl (C=O) groups excluding carboxylic acids is 1. The molecule has 7 nitrogen and oxygen atoms in total. The van der Waals surface area contributed by atoms with Crippen LogP contribution in [0.4, 0.5) is 5.69 Å². The maximum Gasteiger partial charge on any atom is 0.270 e. The Balaban J connectivity index is 2.04. The van der Waals surface area contributed by atoms with E-state index >= 15 is 0 Å². The lowest BCUT2D eigenvalue weighted by molar-refractivity contribution is 0.0933. The fraction of sp³-hybridized carbons (Fsp3) is 0.455. The zero-order chi connectivity index (χ0) is 13.9. The summed E-state index contributed by atoms with van der Waals surface area (Å²) in [6.07, 6.45) is 2.70. The number of anilines is 1. The number of hydrazine groups is 1. The highest BCUT2D eigenvalue weighted by atomic mass is 32.2. The molecule has 1 aromatic heterocycles. The molecule has 0 saturated carbocycles. The van der Waals surface area contributed by atoms with Gasteiger partial charge in [-0.25, -0.2) is 8.42 Å². The third-order valence-electron chi connectivity index (χ3n) is 2.96. The van der Waals surface area contributed by atoms with Gasteiger partial charge in [0.25, 0.3) is 5.91 Å². The average molecular weight is 284 g/mol. The molecule has 0 aliphatic carbocycles. The lowest BCUT2D eigenvalue weighted by Crippen LogP contribution is -2.43. The number of rotatable bonds is 3. The molecular weight excluding hydrogens is 268 g/mol. The summed E-state index contributed by atoms with van der Waals surface area (Å²) in [5.41, 5.74) is 3.20. The number of hydrogen-bond donors (Lipinski definition) is 3. The van der Waals surface area contributed by atoms with Crippen LogP contribution in [-0.4, -0.2) is 36.9 Å². The van der Waals surface area contributed by atoms with Crippen molar-refractivity contribution in [2.45, 2.75) is 18.9 Å². The zero-order valence-electron chi connectivity index (χ0n) is 10.3. The number of carbonyl (C=O) groups is 1. The van der Waals surface area contributed by atoms with Gasteiger partial charge in [0.15, 0.2) is 9.84 Å². The molecule has 1 aromatic rings. The van der Waals surface area contributed by atoms with E-state index in [1.165, 1.54) is 12.3 Å². The zero-order valence-corrected chi connectivity index (χ0v) is 11.1. The van der Waals surface area contributed by atoms with Crippen molar-refractivity contribution in [1.82, 2.24) is 10.3 Å². The van der Waals surface area contributed by atoms with E-state index in [1.54, 1.807) is 6.07 Å². The maximum absolute atomic E-state index is 12.0. The molecule has 19 heavy (non-hydrogen) atoms. The first-order valence-corrected chi connectivity index (χ1v) is 7.76. The first-order chi connectivity index (χ1) is 9.00. The van der Waals surface area contributed by atoms with Crippen molar-refractivity contribution in [3.63, 3.8) is 0 Å². The summed E-state index contributed by atoms with van der Waals surface area (Å²) in [5.74, 6) is 5.05. The van der Waals surface area contributed by atoms with Crippen LogP contribution in [0.15, 0.2) is 18.3 Å². The summed E-state index contributed by atoms with van der Waals surface area (Å²) in [6.45, 7) is 0. The summed E-state index contributed by atoms with van der Waals surface area (Å²) in [5, 5.41) is 2.69. The van der Waals surface area contributed by atoms with Gasteiger partial charge in [0.05, 0.1) is 17.2 Å². The van der Waals surface area contributed by atoms with Gasteiger partial charge in [-0.15, -0.1) is 0 Å². The number of pyridine rings is 1. The second kappa shape index (κ2) is 5.54. The SMILES string of the molecule is NNc1ccnc(C(=O)NC2CCCS(=O)(=O)C2)c1. The number of nitrogen functional groups attached to an aromatic ring is 1. The fourth-order valence-corrected chi connectivity index (χ4v) is 3.68. The van der Waals surface area contributed by atoms with Gasteiger partial charge in [-0.05, 0) is 25.0 Å². The molecule has 8 heteroatoms. The van der Waals surface area contributed by atoms with E-state index in [1.807, 2.05) is 0 Å². The predicted molar refractivity (Wildman–Crippen MR) is 71.2 cm³/mol. The highest BCUT2D eigenvalue weighted by Gasteiger charge is 2.26. The number of aromatic nitrogens is 1. The smallest absolute Gasteiger partial charge is 0.270 e. The average Bonchev–Trinajstić information content (AvgIpc) is 2.37. The molecule has 1 aliphatic heterocycles. The van der Waals surface area contributed by atoms with Gasteiger partial charge >= 0.3 is 0 Å². The monoisotopic (exact) mass is 284 g/mol.